The SMILES string of the molecule is CCCn1cc(N[C@@H](C)CSCC(C)C)cn1. The summed E-state index contributed by atoms with van der Waals surface area (Å²) in [4.78, 5) is 0. The van der Waals surface area contributed by atoms with E-state index in [1.807, 2.05) is 22.6 Å². The van der Waals surface area contributed by atoms with Gasteiger partial charge in [-0.3, -0.25) is 4.68 Å². The van der Waals surface area contributed by atoms with Crippen LogP contribution < -0.4 is 5.32 Å². The molecule has 0 aliphatic carbocycles. The van der Waals surface area contributed by atoms with E-state index in [9.17, 15) is 0 Å². The molecule has 1 heterocycles. The van der Waals surface area contributed by atoms with Gasteiger partial charge in [0, 0.05) is 24.5 Å². The van der Waals surface area contributed by atoms with Crippen molar-refractivity contribution in [2.45, 2.75) is 46.7 Å². The van der Waals surface area contributed by atoms with Gasteiger partial charge in [-0.25, -0.2) is 0 Å². The Morgan fingerprint density at radius 2 is 2.12 bits per heavy atom. The van der Waals surface area contributed by atoms with E-state index in [0.717, 1.165) is 30.3 Å². The Morgan fingerprint density at radius 3 is 2.76 bits per heavy atom. The Bertz CT molecular complexity index is 309. The second-order valence-corrected chi connectivity index (χ2v) is 6.04. The fourth-order valence-corrected chi connectivity index (χ4v) is 2.64. The first kappa shape index (κ1) is 14.4. The third-order valence-corrected chi connectivity index (χ3v) is 3.96. The Morgan fingerprint density at radius 1 is 1.35 bits per heavy atom. The third-order valence-electron chi connectivity index (χ3n) is 2.32. The van der Waals surface area contributed by atoms with Gasteiger partial charge < -0.3 is 5.32 Å². The van der Waals surface area contributed by atoms with E-state index in [1.54, 1.807) is 0 Å². The molecule has 0 fully saturated rings. The standard InChI is InChI=1S/C13H25N3S/c1-5-6-16-8-13(7-14-16)15-12(4)10-17-9-11(2)3/h7-8,11-12,15H,5-6,9-10H2,1-4H3/t12-/m0/s1. The molecular formula is C13H25N3S. The van der Waals surface area contributed by atoms with Gasteiger partial charge in [0.15, 0.2) is 0 Å². The van der Waals surface area contributed by atoms with E-state index in [-0.39, 0.29) is 0 Å². The number of nitrogens with zero attached hydrogens (tertiary/aromatic N) is 2. The second kappa shape index (κ2) is 7.64. The number of hydrogen-bond acceptors (Lipinski definition) is 3. The van der Waals surface area contributed by atoms with Crippen molar-refractivity contribution in [3.05, 3.63) is 12.4 Å². The number of aromatic nitrogens is 2. The Hall–Kier alpha value is -0.640. The lowest BCUT2D eigenvalue weighted by atomic mass is 10.3. The van der Waals surface area contributed by atoms with Crippen molar-refractivity contribution in [2.24, 2.45) is 5.92 Å². The normalized spacial score (nSPS) is 13.0. The molecule has 0 saturated carbocycles. The van der Waals surface area contributed by atoms with E-state index >= 15 is 0 Å². The van der Waals surface area contributed by atoms with Crippen LogP contribution in [0.25, 0.3) is 0 Å². The van der Waals surface area contributed by atoms with Crippen LogP contribution in [-0.4, -0.2) is 27.3 Å². The maximum absolute atomic E-state index is 4.31. The first-order valence-corrected chi connectivity index (χ1v) is 7.64. The van der Waals surface area contributed by atoms with E-state index < -0.39 is 0 Å². The zero-order valence-corrected chi connectivity index (χ0v) is 12.3. The molecule has 0 amide bonds. The van der Waals surface area contributed by atoms with Crippen molar-refractivity contribution >= 4 is 17.4 Å². The number of nitrogens with one attached hydrogen (secondary N) is 1. The lowest BCUT2D eigenvalue weighted by molar-refractivity contribution is 0.603. The first-order valence-electron chi connectivity index (χ1n) is 6.48. The largest absolute Gasteiger partial charge is 0.379 e. The van der Waals surface area contributed by atoms with E-state index in [2.05, 4.69) is 44.3 Å². The van der Waals surface area contributed by atoms with E-state index in [4.69, 9.17) is 0 Å². The predicted octanol–water partition coefficient (Wildman–Crippen LogP) is 3.48. The highest BCUT2D eigenvalue weighted by molar-refractivity contribution is 7.99. The van der Waals surface area contributed by atoms with Gasteiger partial charge in [-0.2, -0.15) is 16.9 Å². The van der Waals surface area contributed by atoms with Gasteiger partial charge in [0.1, 0.15) is 0 Å². The highest BCUT2D eigenvalue weighted by atomic mass is 32.2. The molecule has 98 valence electrons. The first-order chi connectivity index (χ1) is 8.11. The van der Waals surface area contributed by atoms with Gasteiger partial charge >= 0.3 is 0 Å². The molecule has 0 aliphatic heterocycles. The predicted molar refractivity (Wildman–Crippen MR) is 77.8 cm³/mol. The molecule has 0 radical (unpaired) electrons. The lowest BCUT2D eigenvalue weighted by Gasteiger charge is -2.13. The molecule has 1 atom stereocenters. The Kier molecular flexibility index (Phi) is 6.48. The molecule has 0 saturated heterocycles. The van der Waals surface area contributed by atoms with Crippen molar-refractivity contribution in [1.82, 2.24) is 9.78 Å². The molecule has 1 rings (SSSR count). The van der Waals surface area contributed by atoms with Crippen LogP contribution in [0.5, 0.6) is 0 Å². The summed E-state index contributed by atoms with van der Waals surface area (Å²) in [6.45, 7) is 9.92. The minimum absolute atomic E-state index is 0.498. The van der Waals surface area contributed by atoms with Crippen LogP contribution >= 0.6 is 11.8 Å². The minimum Gasteiger partial charge on any atom is -0.379 e. The van der Waals surface area contributed by atoms with Gasteiger partial charge in [0.2, 0.25) is 0 Å². The van der Waals surface area contributed by atoms with Gasteiger partial charge in [-0.05, 0) is 25.0 Å². The Labute approximate surface area is 109 Å². The smallest absolute Gasteiger partial charge is 0.0728 e. The maximum atomic E-state index is 4.31. The van der Waals surface area contributed by atoms with Crippen LogP contribution in [0.15, 0.2) is 12.4 Å². The molecule has 0 aliphatic rings. The van der Waals surface area contributed by atoms with Crippen LogP contribution in [0.2, 0.25) is 0 Å². The lowest BCUT2D eigenvalue weighted by Crippen LogP contribution is -2.18. The minimum atomic E-state index is 0.498. The highest BCUT2D eigenvalue weighted by Gasteiger charge is 2.04. The number of thioether (sulfide) groups is 1. The zero-order valence-electron chi connectivity index (χ0n) is 11.4. The van der Waals surface area contributed by atoms with Crippen molar-refractivity contribution in [1.29, 1.82) is 0 Å². The van der Waals surface area contributed by atoms with Crippen LogP contribution in [-0.2, 0) is 6.54 Å². The van der Waals surface area contributed by atoms with Crippen LogP contribution in [0, 0.1) is 5.92 Å². The molecule has 4 heteroatoms. The molecule has 1 aromatic heterocycles. The summed E-state index contributed by atoms with van der Waals surface area (Å²) < 4.78 is 2.00. The molecule has 3 nitrogen and oxygen atoms in total. The zero-order chi connectivity index (χ0) is 12.7. The summed E-state index contributed by atoms with van der Waals surface area (Å²) in [6, 6.07) is 0.498. The van der Waals surface area contributed by atoms with Gasteiger partial charge in [0.05, 0.1) is 11.9 Å². The molecule has 0 aromatic carbocycles. The highest BCUT2D eigenvalue weighted by Crippen LogP contribution is 2.13. The summed E-state index contributed by atoms with van der Waals surface area (Å²) in [6.07, 6.45) is 5.13. The molecule has 0 bridgehead atoms. The number of rotatable bonds is 8. The van der Waals surface area contributed by atoms with Gasteiger partial charge in [-0.1, -0.05) is 20.8 Å². The molecule has 17 heavy (non-hydrogen) atoms. The topological polar surface area (TPSA) is 29.9 Å². The third kappa shape index (κ3) is 6.01. The van der Waals surface area contributed by atoms with E-state index in [1.165, 1.54) is 5.75 Å². The number of hydrogen-bond donors (Lipinski definition) is 1. The average Bonchev–Trinajstić information content (AvgIpc) is 2.65. The van der Waals surface area contributed by atoms with Crippen LogP contribution in [0.1, 0.15) is 34.1 Å². The molecule has 1 aromatic rings. The molecule has 1 N–H and O–H groups in total. The maximum Gasteiger partial charge on any atom is 0.0728 e. The number of anilines is 1. The van der Waals surface area contributed by atoms with Crippen molar-refractivity contribution in [2.75, 3.05) is 16.8 Å². The molecular weight excluding hydrogens is 230 g/mol. The fourth-order valence-electron chi connectivity index (χ4n) is 1.60. The second-order valence-electron chi connectivity index (χ2n) is 4.97. The van der Waals surface area contributed by atoms with E-state index in [0.29, 0.717) is 6.04 Å². The van der Waals surface area contributed by atoms with Crippen LogP contribution in [0.4, 0.5) is 5.69 Å². The fraction of sp³-hybridized carbons (Fsp3) is 0.769. The molecule has 0 unspecified atom stereocenters. The molecule has 0 spiro atoms. The Balaban J connectivity index is 2.26. The van der Waals surface area contributed by atoms with Crippen molar-refractivity contribution in [3.8, 4) is 0 Å². The van der Waals surface area contributed by atoms with Gasteiger partial charge in [-0.15, -0.1) is 0 Å². The van der Waals surface area contributed by atoms with Crippen LogP contribution in [0.3, 0.4) is 0 Å². The number of aryl methyl sites for hydroxylation is 1. The monoisotopic (exact) mass is 255 g/mol. The van der Waals surface area contributed by atoms with Gasteiger partial charge in [0.25, 0.3) is 0 Å². The van der Waals surface area contributed by atoms with Crippen molar-refractivity contribution < 1.29 is 0 Å². The van der Waals surface area contributed by atoms with Crippen molar-refractivity contribution in [3.63, 3.8) is 0 Å². The average molecular weight is 255 g/mol. The summed E-state index contributed by atoms with van der Waals surface area (Å²) >= 11 is 2.02. The quantitative estimate of drug-likeness (QED) is 0.771. The summed E-state index contributed by atoms with van der Waals surface area (Å²) in [5.41, 5.74) is 1.14. The summed E-state index contributed by atoms with van der Waals surface area (Å²) in [7, 11) is 0. The summed E-state index contributed by atoms with van der Waals surface area (Å²) in [5.74, 6) is 3.16. The summed E-state index contributed by atoms with van der Waals surface area (Å²) in [5, 5.41) is 7.81.